The van der Waals surface area contributed by atoms with Crippen LogP contribution in [0.5, 0.6) is 5.88 Å². The molecule has 1 atom stereocenters. The summed E-state index contributed by atoms with van der Waals surface area (Å²) in [6.07, 6.45) is 1.60. The van der Waals surface area contributed by atoms with Crippen LogP contribution in [0.1, 0.15) is 17.9 Å². The van der Waals surface area contributed by atoms with Crippen LogP contribution in [-0.4, -0.2) is 29.7 Å². The molecule has 1 rings (SSSR count). The van der Waals surface area contributed by atoms with Crippen LogP contribution in [0.2, 0.25) is 0 Å². The number of pyridine rings is 1. The van der Waals surface area contributed by atoms with E-state index in [-0.39, 0.29) is 12.3 Å². The van der Waals surface area contributed by atoms with E-state index in [9.17, 15) is 4.79 Å². The van der Waals surface area contributed by atoms with Crippen molar-refractivity contribution in [1.82, 2.24) is 4.98 Å². The predicted octanol–water partition coefficient (Wildman–Crippen LogP) is 0.607. The smallest absolute Gasteiger partial charge is 0.304 e. The molecule has 82 valence electrons. The Morgan fingerprint density at radius 1 is 1.73 bits per heavy atom. The molecule has 3 N–H and O–H groups in total. The Morgan fingerprint density at radius 2 is 2.47 bits per heavy atom. The normalized spacial score (nSPS) is 12.1. The van der Waals surface area contributed by atoms with Gasteiger partial charge in [0.05, 0.1) is 13.5 Å². The SMILES string of the molecule is COc1cc(C(CN)CC(=O)O)ccn1. The first-order chi connectivity index (χ1) is 7.17. The highest BCUT2D eigenvalue weighted by Gasteiger charge is 2.14. The molecule has 1 aromatic rings. The molecule has 1 heterocycles. The maximum absolute atomic E-state index is 10.6. The number of aromatic nitrogens is 1. The lowest BCUT2D eigenvalue weighted by Gasteiger charge is -2.12. The zero-order valence-corrected chi connectivity index (χ0v) is 8.51. The summed E-state index contributed by atoms with van der Waals surface area (Å²) in [5.41, 5.74) is 6.36. The van der Waals surface area contributed by atoms with Gasteiger partial charge in [-0.05, 0) is 18.2 Å². The van der Waals surface area contributed by atoms with Gasteiger partial charge < -0.3 is 15.6 Å². The van der Waals surface area contributed by atoms with Crippen molar-refractivity contribution in [3.05, 3.63) is 23.9 Å². The quantitative estimate of drug-likeness (QED) is 0.743. The fourth-order valence-corrected chi connectivity index (χ4v) is 1.34. The van der Waals surface area contributed by atoms with E-state index < -0.39 is 5.97 Å². The summed E-state index contributed by atoms with van der Waals surface area (Å²) in [5, 5.41) is 8.70. The molecule has 0 saturated heterocycles. The third-order valence-corrected chi connectivity index (χ3v) is 2.14. The van der Waals surface area contributed by atoms with Gasteiger partial charge in [-0.2, -0.15) is 0 Å². The molecule has 1 unspecified atom stereocenters. The van der Waals surface area contributed by atoms with E-state index in [4.69, 9.17) is 15.6 Å². The summed E-state index contributed by atoms with van der Waals surface area (Å²) in [7, 11) is 1.51. The van der Waals surface area contributed by atoms with Crippen LogP contribution in [0.3, 0.4) is 0 Å². The monoisotopic (exact) mass is 210 g/mol. The number of hydrogen-bond acceptors (Lipinski definition) is 4. The molecule has 0 bridgehead atoms. The second kappa shape index (κ2) is 5.31. The van der Waals surface area contributed by atoms with Crippen molar-refractivity contribution >= 4 is 5.97 Å². The number of methoxy groups -OCH3 is 1. The second-order valence-electron chi connectivity index (χ2n) is 3.16. The van der Waals surface area contributed by atoms with Crippen molar-refractivity contribution in [3.63, 3.8) is 0 Å². The number of carbonyl (C=O) groups is 1. The number of nitrogens with zero attached hydrogens (tertiary/aromatic N) is 1. The molecule has 0 aliphatic rings. The number of hydrogen-bond donors (Lipinski definition) is 2. The summed E-state index contributed by atoms with van der Waals surface area (Å²) < 4.78 is 4.96. The number of ether oxygens (including phenoxy) is 1. The molecule has 0 radical (unpaired) electrons. The standard InChI is InChI=1S/C10H14N2O3/c1-15-9-4-7(2-3-12-9)8(6-11)5-10(13)14/h2-4,8H,5-6,11H2,1H3,(H,13,14). The fourth-order valence-electron chi connectivity index (χ4n) is 1.34. The number of aliphatic carboxylic acids is 1. The van der Waals surface area contributed by atoms with Crippen LogP contribution >= 0.6 is 0 Å². The number of rotatable bonds is 5. The zero-order chi connectivity index (χ0) is 11.3. The highest BCUT2D eigenvalue weighted by atomic mass is 16.5. The van der Waals surface area contributed by atoms with Crippen LogP contribution < -0.4 is 10.5 Å². The van der Waals surface area contributed by atoms with E-state index in [1.165, 1.54) is 7.11 Å². The fraction of sp³-hybridized carbons (Fsp3) is 0.400. The lowest BCUT2D eigenvalue weighted by molar-refractivity contribution is -0.137. The molecule has 0 aliphatic carbocycles. The zero-order valence-electron chi connectivity index (χ0n) is 8.51. The van der Waals surface area contributed by atoms with Gasteiger partial charge >= 0.3 is 5.97 Å². The highest BCUT2D eigenvalue weighted by molar-refractivity contribution is 5.68. The second-order valence-corrected chi connectivity index (χ2v) is 3.16. The minimum absolute atomic E-state index is 0.0175. The van der Waals surface area contributed by atoms with Gasteiger partial charge in [0, 0.05) is 18.2 Å². The van der Waals surface area contributed by atoms with Crippen molar-refractivity contribution in [3.8, 4) is 5.88 Å². The molecule has 5 nitrogen and oxygen atoms in total. The molecule has 0 aromatic carbocycles. The largest absolute Gasteiger partial charge is 0.481 e. The number of nitrogens with two attached hydrogens (primary N) is 1. The van der Waals surface area contributed by atoms with Crippen molar-refractivity contribution < 1.29 is 14.6 Å². The summed E-state index contributed by atoms with van der Waals surface area (Å²) >= 11 is 0. The molecule has 0 spiro atoms. The van der Waals surface area contributed by atoms with Crippen LogP contribution in [-0.2, 0) is 4.79 Å². The Balaban J connectivity index is 2.85. The predicted molar refractivity (Wildman–Crippen MR) is 54.8 cm³/mol. The first kappa shape index (κ1) is 11.5. The molecule has 1 aromatic heterocycles. The maximum atomic E-state index is 10.6. The molecule has 5 heteroatoms. The van der Waals surface area contributed by atoms with Gasteiger partial charge in [-0.1, -0.05) is 0 Å². The van der Waals surface area contributed by atoms with E-state index in [0.717, 1.165) is 5.56 Å². The number of carboxylic acid groups (broad SMARTS) is 1. The van der Waals surface area contributed by atoms with Crippen molar-refractivity contribution in [2.45, 2.75) is 12.3 Å². The van der Waals surface area contributed by atoms with Crippen LogP contribution in [0.25, 0.3) is 0 Å². The lowest BCUT2D eigenvalue weighted by atomic mass is 9.97. The Kier molecular flexibility index (Phi) is 4.05. The van der Waals surface area contributed by atoms with Crippen molar-refractivity contribution in [2.75, 3.05) is 13.7 Å². The minimum atomic E-state index is -0.860. The first-order valence-electron chi connectivity index (χ1n) is 4.59. The van der Waals surface area contributed by atoms with Gasteiger partial charge in [0.1, 0.15) is 0 Å². The maximum Gasteiger partial charge on any atom is 0.304 e. The lowest BCUT2D eigenvalue weighted by Crippen LogP contribution is -2.16. The topological polar surface area (TPSA) is 85.4 Å². The van der Waals surface area contributed by atoms with Crippen LogP contribution in [0.15, 0.2) is 18.3 Å². The average molecular weight is 210 g/mol. The third kappa shape index (κ3) is 3.21. The molecule has 15 heavy (non-hydrogen) atoms. The Morgan fingerprint density at radius 3 is 3.00 bits per heavy atom. The molecule has 0 aliphatic heterocycles. The Hall–Kier alpha value is -1.62. The van der Waals surface area contributed by atoms with Gasteiger partial charge in [0.25, 0.3) is 0 Å². The Labute approximate surface area is 87.9 Å². The molecule has 0 fully saturated rings. The van der Waals surface area contributed by atoms with E-state index in [2.05, 4.69) is 4.98 Å². The van der Waals surface area contributed by atoms with Crippen LogP contribution in [0, 0.1) is 0 Å². The van der Waals surface area contributed by atoms with Gasteiger partial charge in [0.2, 0.25) is 5.88 Å². The van der Waals surface area contributed by atoms with Gasteiger partial charge in [0.15, 0.2) is 0 Å². The van der Waals surface area contributed by atoms with E-state index in [1.54, 1.807) is 18.3 Å². The van der Waals surface area contributed by atoms with Crippen LogP contribution in [0.4, 0.5) is 0 Å². The van der Waals surface area contributed by atoms with E-state index >= 15 is 0 Å². The Bertz CT molecular complexity index is 341. The molecule has 0 amide bonds. The molecular formula is C10H14N2O3. The number of carboxylic acids is 1. The summed E-state index contributed by atoms with van der Waals surface area (Å²) in [6.45, 7) is 0.291. The minimum Gasteiger partial charge on any atom is -0.481 e. The van der Waals surface area contributed by atoms with E-state index in [1.807, 2.05) is 0 Å². The van der Waals surface area contributed by atoms with Gasteiger partial charge in [-0.3, -0.25) is 4.79 Å². The van der Waals surface area contributed by atoms with Gasteiger partial charge in [-0.15, -0.1) is 0 Å². The van der Waals surface area contributed by atoms with E-state index in [0.29, 0.717) is 12.4 Å². The van der Waals surface area contributed by atoms with Crippen molar-refractivity contribution in [1.29, 1.82) is 0 Å². The first-order valence-corrected chi connectivity index (χ1v) is 4.59. The summed E-state index contributed by atoms with van der Waals surface area (Å²) in [6, 6.07) is 3.46. The third-order valence-electron chi connectivity index (χ3n) is 2.14. The summed E-state index contributed by atoms with van der Waals surface area (Å²) in [4.78, 5) is 14.5. The molecule has 0 saturated carbocycles. The molecular weight excluding hydrogens is 196 g/mol. The highest BCUT2D eigenvalue weighted by Crippen LogP contribution is 2.20. The van der Waals surface area contributed by atoms with Gasteiger partial charge in [-0.25, -0.2) is 4.98 Å². The average Bonchev–Trinajstić information content (AvgIpc) is 2.25. The van der Waals surface area contributed by atoms with Crippen molar-refractivity contribution in [2.24, 2.45) is 5.73 Å². The summed E-state index contributed by atoms with van der Waals surface area (Å²) in [5.74, 6) is -0.586.